The molecule has 0 saturated carbocycles. The number of aryl methyl sites for hydroxylation is 2. The van der Waals surface area contributed by atoms with Gasteiger partial charge in [-0.2, -0.15) is 0 Å². The van der Waals surface area contributed by atoms with E-state index in [9.17, 15) is 4.79 Å². The van der Waals surface area contributed by atoms with E-state index in [4.69, 9.17) is 0 Å². The van der Waals surface area contributed by atoms with Crippen LogP contribution in [0.5, 0.6) is 0 Å². The van der Waals surface area contributed by atoms with Crippen molar-refractivity contribution in [1.29, 1.82) is 0 Å². The Morgan fingerprint density at radius 3 is 2.12 bits per heavy atom. The first-order valence-corrected chi connectivity index (χ1v) is 8.04. The van der Waals surface area contributed by atoms with E-state index in [2.05, 4.69) is 46.9 Å². The normalized spacial score (nSPS) is 10.2. The molecule has 5 nitrogen and oxygen atoms in total. The fourth-order valence-electron chi connectivity index (χ4n) is 2.50. The molecular formula is C20H20N4O. The maximum absolute atomic E-state index is 12.0. The molecule has 0 spiro atoms. The minimum absolute atomic E-state index is 0.302. The number of urea groups is 1. The van der Waals surface area contributed by atoms with Crippen molar-refractivity contribution in [2.24, 2.45) is 0 Å². The Labute approximate surface area is 147 Å². The van der Waals surface area contributed by atoms with Crippen molar-refractivity contribution < 1.29 is 4.79 Å². The molecule has 2 aromatic carbocycles. The van der Waals surface area contributed by atoms with Gasteiger partial charge in [0.2, 0.25) is 0 Å². The molecule has 0 radical (unpaired) electrons. The molecule has 25 heavy (non-hydrogen) atoms. The summed E-state index contributed by atoms with van der Waals surface area (Å²) in [7, 11) is 0. The van der Waals surface area contributed by atoms with E-state index in [1.807, 2.05) is 48.5 Å². The Morgan fingerprint density at radius 2 is 1.48 bits per heavy atom. The summed E-state index contributed by atoms with van der Waals surface area (Å²) in [5, 5.41) is 8.85. The molecule has 2 amide bonds. The number of hydrogen-bond acceptors (Lipinski definition) is 3. The molecule has 3 aromatic rings. The first-order chi connectivity index (χ1) is 12.1. The van der Waals surface area contributed by atoms with E-state index in [1.54, 1.807) is 6.20 Å². The van der Waals surface area contributed by atoms with Crippen LogP contribution >= 0.6 is 0 Å². The van der Waals surface area contributed by atoms with Crippen LogP contribution in [-0.4, -0.2) is 11.0 Å². The smallest absolute Gasteiger partial charge is 0.323 e. The van der Waals surface area contributed by atoms with E-state index in [0.29, 0.717) is 5.69 Å². The van der Waals surface area contributed by atoms with Crippen LogP contribution in [0.15, 0.2) is 66.9 Å². The zero-order valence-electron chi connectivity index (χ0n) is 14.2. The number of carbonyl (C=O) groups is 1. The van der Waals surface area contributed by atoms with Crippen LogP contribution in [0.3, 0.4) is 0 Å². The van der Waals surface area contributed by atoms with Crippen LogP contribution < -0.4 is 16.0 Å². The Morgan fingerprint density at radius 1 is 0.800 bits per heavy atom. The second-order valence-electron chi connectivity index (χ2n) is 5.77. The second-order valence-corrected chi connectivity index (χ2v) is 5.77. The first kappa shape index (κ1) is 16.5. The summed E-state index contributed by atoms with van der Waals surface area (Å²) in [6.07, 6.45) is 1.63. The number of amides is 2. The summed E-state index contributed by atoms with van der Waals surface area (Å²) in [5.41, 5.74) is 4.73. The molecule has 0 fully saturated rings. The Kier molecular flexibility index (Phi) is 4.95. The number of para-hydroxylation sites is 2. The largest absolute Gasteiger partial charge is 0.340 e. The lowest BCUT2D eigenvalue weighted by molar-refractivity contribution is 0.262. The van der Waals surface area contributed by atoms with E-state index in [-0.39, 0.29) is 6.03 Å². The molecule has 0 atom stereocenters. The molecule has 1 aromatic heterocycles. The molecule has 0 bridgehead atoms. The van der Waals surface area contributed by atoms with E-state index in [1.165, 1.54) is 0 Å². The zero-order valence-corrected chi connectivity index (χ0v) is 14.2. The van der Waals surface area contributed by atoms with Gasteiger partial charge in [0.05, 0.1) is 11.9 Å². The highest BCUT2D eigenvalue weighted by atomic mass is 16.2. The monoisotopic (exact) mass is 332 g/mol. The molecule has 0 aliphatic heterocycles. The summed E-state index contributed by atoms with van der Waals surface area (Å²) in [6, 6.07) is 18.8. The van der Waals surface area contributed by atoms with Crippen molar-refractivity contribution in [2.45, 2.75) is 13.8 Å². The number of anilines is 4. The van der Waals surface area contributed by atoms with Gasteiger partial charge in [0.25, 0.3) is 0 Å². The summed E-state index contributed by atoms with van der Waals surface area (Å²) in [6.45, 7) is 4.11. The molecule has 126 valence electrons. The number of hydrogen-bond donors (Lipinski definition) is 3. The van der Waals surface area contributed by atoms with Crippen LogP contribution in [0.4, 0.5) is 27.7 Å². The van der Waals surface area contributed by atoms with Crippen molar-refractivity contribution in [3.63, 3.8) is 0 Å². The fraction of sp³-hybridized carbons (Fsp3) is 0.100. The molecule has 3 N–H and O–H groups in total. The van der Waals surface area contributed by atoms with Crippen LogP contribution in [0, 0.1) is 13.8 Å². The minimum Gasteiger partial charge on any atom is -0.340 e. The number of aromatic nitrogens is 1. The van der Waals surface area contributed by atoms with Crippen molar-refractivity contribution >= 4 is 28.9 Å². The molecule has 1 heterocycles. The summed E-state index contributed by atoms with van der Waals surface area (Å²) >= 11 is 0. The van der Waals surface area contributed by atoms with E-state index < -0.39 is 0 Å². The maximum Gasteiger partial charge on any atom is 0.323 e. The van der Waals surface area contributed by atoms with E-state index >= 15 is 0 Å². The van der Waals surface area contributed by atoms with Crippen molar-refractivity contribution in [3.05, 3.63) is 78.0 Å². The Bertz CT molecular complexity index is 840. The van der Waals surface area contributed by atoms with Crippen LogP contribution in [0.2, 0.25) is 0 Å². The predicted molar refractivity (Wildman–Crippen MR) is 103 cm³/mol. The van der Waals surface area contributed by atoms with Gasteiger partial charge in [-0.1, -0.05) is 36.4 Å². The molecule has 5 heteroatoms. The average molecular weight is 332 g/mol. The standard InChI is InChI=1S/C20H20N4O/c1-14-7-6-8-15(2)19(14)24-18-12-11-17(13-21-18)23-20(25)22-16-9-4-3-5-10-16/h3-13H,1-2H3,(H,21,24)(H2,22,23,25). The third-order valence-corrected chi connectivity index (χ3v) is 3.79. The van der Waals surface area contributed by atoms with Gasteiger partial charge < -0.3 is 16.0 Å². The highest BCUT2D eigenvalue weighted by molar-refractivity contribution is 5.99. The van der Waals surface area contributed by atoms with Crippen molar-refractivity contribution in [1.82, 2.24) is 4.98 Å². The number of nitrogens with one attached hydrogen (secondary N) is 3. The van der Waals surface area contributed by atoms with Crippen LogP contribution in [-0.2, 0) is 0 Å². The van der Waals surface area contributed by atoms with E-state index in [0.717, 1.165) is 28.3 Å². The fourth-order valence-corrected chi connectivity index (χ4v) is 2.50. The third-order valence-electron chi connectivity index (χ3n) is 3.79. The van der Waals surface area contributed by atoms with Gasteiger partial charge in [-0.25, -0.2) is 9.78 Å². The van der Waals surface area contributed by atoms with Gasteiger partial charge in [0.15, 0.2) is 0 Å². The molecule has 0 unspecified atom stereocenters. The van der Waals surface area contributed by atoms with Gasteiger partial charge >= 0.3 is 6.03 Å². The molecule has 0 aliphatic carbocycles. The maximum atomic E-state index is 12.0. The predicted octanol–water partition coefficient (Wildman–Crippen LogP) is 5.09. The minimum atomic E-state index is -0.302. The molecule has 0 saturated heterocycles. The van der Waals surface area contributed by atoms with Crippen molar-refractivity contribution in [2.75, 3.05) is 16.0 Å². The molecular weight excluding hydrogens is 312 g/mol. The highest BCUT2D eigenvalue weighted by Gasteiger charge is 2.05. The second kappa shape index (κ2) is 7.49. The lowest BCUT2D eigenvalue weighted by Crippen LogP contribution is -2.19. The van der Waals surface area contributed by atoms with Crippen LogP contribution in [0.25, 0.3) is 0 Å². The Balaban J connectivity index is 1.63. The lowest BCUT2D eigenvalue weighted by Gasteiger charge is -2.12. The number of carbonyl (C=O) groups excluding carboxylic acids is 1. The van der Waals surface area contributed by atoms with Crippen LogP contribution in [0.1, 0.15) is 11.1 Å². The summed E-state index contributed by atoms with van der Waals surface area (Å²) < 4.78 is 0. The summed E-state index contributed by atoms with van der Waals surface area (Å²) in [5.74, 6) is 0.728. The summed E-state index contributed by atoms with van der Waals surface area (Å²) in [4.78, 5) is 16.3. The SMILES string of the molecule is Cc1cccc(C)c1Nc1ccc(NC(=O)Nc2ccccc2)cn1. The number of rotatable bonds is 4. The van der Waals surface area contributed by atoms with Gasteiger partial charge in [-0.15, -0.1) is 0 Å². The number of pyridine rings is 1. The third kappa shape index (κ3) is 4.35. The molecule has 3 rings (SSSR count). The highest BCUT2D eigenvalue weighted by Crippen LogP contribution is 2.23. The first-order valence-electron chi connectivity index (χ1n) is 8.04. The topological polar surface area (TPSA) is 66.0 Å². The molecule has 0 aliphatic rings. The van der Waals surface area contributed by atoms with Crippen molar-refractivity contribution in [3.8, 4) is 0 Å². The zero-order chi connectivity index (χ0) is 17.6. The quantitative estimate of drug-likeness (QED) is 0.624. The number of benzene rings is 2. The van der Waals surface area contributed by atoms with Gasteiger partial charge in [0, 0.05) is 11.4 Å². The number of nitrogens with zero attached hydrogens (tertiary/aromatic N) is 1. The Hall–Kier alpha value is -3.34. The average Bonchev–Trinajstić information content (AvgIpc) is 2.60. The van der Waals surface area contributed by atoms with Gasteiger partial charge in [0.1, 0.15) is 5.82 Å². The van der Waals surface area contributed by atoms with Gasteiger partial charge in [-0.3, -0.25) is 0 Å². The lowest BCUT2D eigenvalue weighted by atomic mass is 10.1. The van der Waals surface area contributed by atoms with Gasteiger partial charge in [-0.05, 0) is 49.2 Å².